The predicted octanol–water partition coefficient (Wildman–Crippen LogP) is 9.13. The lowest BCUT2D eigenvalue weighted by molar-refractivity contribution is 0.319. The molecule has 2 N–H and O–H groups in total. The van der Waals surface area contributed by atoms with Gasteiger partial charge in [-0.2, -0.15) is 0 Å². The third kappa shape index (κ3) is 7.37. The highest BCUT2D eigenvalue weighted by Gasteiger charge is 2.19. The van der Waals surface area contributed by atoms with Gasteiger partial charge in [-0.15, -0.1) is 11.3 Å². The van der Waals surface area contributed by atoms with Gasteiger partial charge in [0.2, 0.25) is 5.62 Å². The van der Waals surface area contributed by atoms with Gasteiger partial charge in [-0.3, -0.25) is 15.4 Å². The van der Waals surface area contributed by atoms with Crippen molar-refractivity contribution in [3.63, 3.8) is 0 Å². The highest BCUT2D eigenvalue weighted by atomic mass is 35.5. The molecule has 0 radical (unpaired) electrons. The molecule has 0 saturated heterocycles. The Balaban J connectivity index is 1.59. The Labute approximate surface area is 275 Å². The number of nitrogens with one attached hydrogen (secondary N) is 2. The van der Waals surface area contributed by atoms with Crippen molar-refractivity contribution in [3.05, 3.63) is 106 Å². The van der Waals surface area contributed by atoms with Crippen molar-refractivity contribution < 1.29 is 0 Å². The molecule has 0 amide bonds. The van der Waals surface area contributed by atoms with Crippen LogP contribution in [0, 0.1) is 41.4 Å². The number of halogens is 1. The standard InChI is InChI=1S/C38H38ClN5S/c1-8-28-16-14-17-29(34(28)25(4)5)15-12-11-13-24-43(10-3)32(9-2)22-23-33-26(6)35-36(30-18-20-31(39)21-19-30)42-38(41)44(27(7)40)37(35)45-33/h8,10,14,16-21,32,40-41H,1,3-4,9,11,13,24H2,2,5-7H3. The van der Waals surface area contributed by atoms with Crippen LogP contribution in [0.2, 0.25) is 5.02 Å². The quantitative estimate of drug-likeness (QED) is 0.0837. The average Bonchev–Trinajstić information content (AvgIpc) is 3.34. The summed E-state index contributed by atoms with van der Waals surface area (Å²) in [4.78, 5) is 8.46. The lowest BCUT2D eigenvalue weighted by atomic mass is 9.96. The molecule has 2 aromatic heterocycles. The van der Waals surface area contributed by atoms with E-state index in [1.165, 1.54) is 11.3 Å². The molecule has 45 heavy (non-hydrogen) atoms. The predicted molar refractivity (Wildman–Crippen MR) is 193 cm³/mol. The van der Waals surface area contributed by atoms with E-state index < -0.39 is 0 Å². The first-order valence-electron chi connectivity index (χ1n) is 14.8. The first-order valence-corrected chi connectivity index (χ1v) is 16.0. The minimum Gasteiger partial charge on any atom is -0.364 e. The van der Waals surface area contributed by atoms with Crippen molar-refractivity contribution in [2.75, 3.05) is 6.54 Å². The maximum absolute atomic E-state index is 8.59. The number of fused-ring (bicyclic) bond motifs is 1. The Morgan fingerprint density at radius 2 is 1.89 bits per heavy atom. The molecular formula is C38H38ClN5S. The number of benzene rings is 2. The second-order valence-corrected chi connectivity index (χ2v) is 12.2. The zero-order valence-corrected chi connectivity index (χ0v) is 27.9. The van der Waals surface area contributed by atoms with Crippen LogP contribution in [-0.2, 0) is 0 Å². The van der Waals surface area contributed by atoms with Gasteiger partial charge < -0.3 is 4.90 Å². The molecule has 0 saturated carbocycles. The van der Waals surface area contributed by atoms with E-state index in [0.717, 1.165) is 74.3 Å². The summed E-state index contributed by atoms with van der Waals surface area (Å²) in [5.74, 6) is 13.8. The summed E-state index contributed by atoms with van der Waals surface area (Å²) in [7, 11) is 0. The fourth-order valence-corrected chi connectivity index (χ4v) is 6.61. The molecule has 228 valence electrons. The summed E-state index contributed by atoms with van der Waals surface area (Å²) >= 11 is 7.63. The number of hydrogen-bond donors (Lipinski definition) is 2. The van der Waals surface area contributed by atoms with Crippen LogP contribution in [0.1, 0.15) is 67.2 Å². The van der Waals surface area contributed by atoms with Crippen LogP contribution in [-0.4, -0.2) is 32.9 Å². The summed E-state index contributed by atoms with van der Waals surface area (Å²) < 4.78 is 1.57. The van der Waals surface area contributed by atoms with Gasteiger partial charge in [0.15, 0.2) is 0 Å². The first kappa shape index (κ1) is 33.3. The molecule has 5 nitrogen and oxygen atoms in total. The number of rotatable bonds is 9. The number of unbranched alkanes of at least 4 members (excludes halogenated alkanes) is 1. The monoisotopic (exact) mass is 631 g/mol. The molecule has 1 unspecified atom stereocenters. The van der Waals surface area contributed by atoms with E-state index in [-0.39, 0.29) is 17.5 Å². The first-order chi connectivity index (χ1) is 21.6. The number of thiophene rings is 1. The van der Waals surface area contributed by atoms with Crippen molar-refractivity contribution in [1.29, 1.82) is 10.8 Å². The molecule has 2 heterocycles. The molecule has 0 spiro atoms. The number of allylic oxidation sites excluding steroid dienone is 1. The molecule has 2 aromatic carbocycles. The Morgan fingerprint density at radius 1 is 1.16 bits per heavy atom. The van der Waals surface area contributed by atoms with E-state index in [2.05, 4.69) is 60.2 Å². The van der Waals surface area contributed by atoms with E-state index in [0.29, 0.717) is 10.7 Å². The third-order valence-electron chi connectivity index (χ3n) is 7.51. The topological polar surface area (TPSA) is 68.8 Å². The Morgan fingerprint density at radius 3 is 2.51 bits per heavy atom. The molecule has 0 bridgehead atoms. The summed E-state index contributed by atoms with van der Waals surface area (Å²) in [6.07, 6.45) is 6.17. The largest absolute Gasteiger partial charge is 0.364 e. The molecule has 0 aliphatic heterocycles. The van der Waals surface area contributed by atoms with Gasteiger partial charge in [-0.25, -0.2) is 4.98 Å². The maximum atomic E-state index is 8.59. The second kappa shape index (κ2) is 14.9. The minimum absolute atomic E-state index is 0.0114. The van der Waals surface area contributed by atoms with Crippen molar-refractivity contribution in [2.45, 2.75) is 53.0 Å². The highest BCUT2D eigenvalue weighted by molar-refractivity contribution is 7.19. The Kier molecular flexibility index (Phi) is 11.0. The maximum Gasteiger partial charge on any atom is 0.229 e. The molecule has 0 aliphatic rings. The van der Waals surface area contributed by atoms with Crippen molar-refractivity contribution in [2.24, 2.45) is 0 Å². The highest BCUT2D eigenvalue weighted by Crippen LogP contribution is 2.36. The Hall–Kier alpha value is -4.62. The number of hydrogen-bond acceptors (Lipinski definition) is 5. The van der Waals surface area contributed by atoms with Crippen LogP contribution in [0.3, 0.4) is 0 Å². The molecular weight excluding hydrogens is 594 g/mol. The zero-order chi connectivity index (χ0) is 32.7. The van der Waals surface area contributed by atoms with Crippen LogP contribution in [0.15, 0.2) is 68.4 Å². The van der Waals surface area contributed by atoms with Gasteiger partial charge >= 0.3 is 0 Å². The normalized spacial score (nSPS) is 11.1. The van der Waals surface area contributed by atoms with Gasteiger partial charge in [0.25, 0.3) is 0 Å². The van der Waals surface area contributed by atoms with Gasteiger partial charge in [-0.05, 0) is 80.3 Å². The summed E-state index contributed by atoms with van der Waals surface area (Å²) in [6, 6.07) is 13.5. The Bertz CT molecular complexity index is 1970. The fourth-order valence-electron chi connectivity index (χ4n) is 5.26. The molecule has 4 aromatic rings. The van der Waals surface area contributed by atoms with Crippen LogP contribution in [0.4, 0.5) is 0 Å². The fraction of sp³-hybridized carbons (Fsp3) is 0.237. The number of nitrogens with zero attached hydrogens (tertiary/aromatic N) is 3. The van der Waals surface area contributed by atoms with Gasteiger partial charge in [-0.1, -0.05) is 92.3 Å². The van der Waals surface area contributed by atoms with Crippen molar-refractivity contribution in [1.82, 2.24) is 14.5 Å². The van der Waals surface area contributed by atoms with Crippen molar-refractivity contribution in [3.8, 4) is 34.9 Å². The minimum atomic E-state index is -0.0171. The summed E-state index contributed by atoms with van der Waals surface area (Å²) in [6.45, 7) is 20.7. The number of aryl methyl sites for hydroxylation is 1. The summed E-state index contributed by atoms with van der Waals surface area (Å²) in [5.41, 5.74) is 6.61. The number of aromatic nitrogens is 2. The van der Waals surface area contributed by atoms with Crippen LogP contribution < -0.4 is 5.62 Å². The lowest BCUT2D eigenvalue weighted by Gasteiger charge is -2.25. The van der Waals surface area contributed by atoms with Crippen LogP contribution >= 0.6 is 22.9 Å². The van der Waals surface area contributed by atoms with E-state index in [1.807, 2.05) is 68.6 Å². The van der Waals surface area contributed by atoms with E-state index in [1.54, 1.807) is 11.5 Å². The summed E-state index contributed by atoms with van der Waals surface area (Å²) in [5, 5.41) is 18.5. The van der Waals surface area contributed by atoms with E-state index >= 15 is 0 Å². The van der Waals surface area contributed by atoms with E-state index in [9.17, 15) is 0 Å². The van der Waals surface area contributed by atoms with Gasteiger partial charge in [0.05, 0.1) is 16.6 Å². The SMILES string of the molecule is C=Cc1cccc(C#CCCCN(C=C)C(C#Cc2sc3c(c(-c4ccc(Cl)cc4)nc(=N)n3C(C)=N)c2C)CC)c1C(=C)C. The third-order valence-corrected chi connectivity index (χ3v) is 8.95. The van der Waals surface area contributed by atoms with Gasteiger partial charge in [0, 0.05) is 34.5 Å². The molecule has 0 fully saturated rings. The average molecular weight is 632 g/mol. The smallest absolute Gasteiger partial charge is 0.229 e. The molecule has 0 aliphatic carbocycles. The van der Waals surface area contributed by atoms with Crippen LogP contribution in [0.25, 0.3) is 33.1 Å². The second-order valence-electron chi connectivity index (χ2n) is 10.7. The molecule has 7 heteroatoms. The molecule has 4 rings (SSSR count). The molecule has 1 atom stereocenters. The van der Waals surface area contributed by atoms with Gasteiger partial charge in [0.1, 0.15) is 10.7 Å². The zero-order valence-electron chi connectivity index (χ0n) is 26.4. The van der Waals surface area contributed by atoms with E-state index in [4.69, 9.17) is 22.4 Å². The lowest BCUT2D eigenvalue weighted by Crippen LogP contribution is -2.29. The van der Waals surface area contributed by atoms with Crippen molar-refractivity contribution >= 4 is 50.6 Å². The van der Waals surface area contributed by atoms with Crippen LogP contribution in [0.5, 0.6) is 0 Å².